The Hall–Kier alpha value is -0.160. The van der Waals surface area contributed by atoms with Crippen LogP contribution in [0, 0.1) is 17.8 Å². The number of hydrogen-bond acceptors (Lipinski definition) is 4. The fourth-order valence-electron chi connectivity index (χ4n) is 7.78. The maximum absolute atomic E-state index is 6.81. The monoisotopic (exact) mass is 460 g/mol. The topological polar surface area (TPSA) is 24.9 Å². The average molecular weight is 461 g/mol. The number of ether oxygens (including phenoxy) is 2. The van der Waals surface area contributed by atoms with Crippen LogP contribution in [0.15, 0.2) is 0 Å². The number of piperidine rings is 2. The maximum atomic E-state index is 6.81. The summed E-state index contributed by atoms with van der Waals surface area (Å²) in [6.45, 7) is 7.59. The molecule has 5 heterocycles. The molecule has 0 spiro atoms. The van der Waals surface area contributed by atoms with Crippen molar-refractivity contribution in [3.8, 4) is 0 Å². The van der Waals surface area contributed by atoms with Gasteiger partial charge in [-0.3, -0.25) is 9.80 Å². The first-order valence-electron chi connectivity index (χ1n) is 15.1. The van der Waals surface area contributed by atoms with Gasteiger partial charge in [0.05, 0.1) is 12.2 Å². The van der Waals surface area contributed by atoms with Crippen molar-refractivity contribution in [3.63, 3.8) is 0 Å². The Kier molecular flexibility index (Phi) is 9.06. The molecule has 5 saturated heterocycles. The van der Waals surface area contributed by atoms with Crippen molar-refractivity contribution in [2.75, 3.05) is 26.2 Å². The maximum Gasteiger partial charge on any atom is 0.114 e. The number of hydrogen-bond donors (Lipinski definition) is 0. The predicted octanol–water partition coefficient (Wildman–Crippen LogP) is 6.58. The Morgan fingerprint density at radius 3 is 1.76 bits per heavy atom. The van der Waals surface area contributed by atoms with E-state index in [2.05, 4.69) is 16.7 Å². The summed E-state index contributed by atoms with van der Waals surface area (Å²) < 4.78 is 13.6. The predicted molar refractivity (Wildman–Crippen MR) is 135 cm³/mol. The van der Waals surface area contributed by atoms with Crippen molar-refractivity contribution in [3.05, 3.63) is 0 Å². The van der Waals surface area contributed by atoms with E-state index in [1.807, 2.05) is 0 Å². The van der Waals surface area contributed by atoms with Crippen LogP contribution in [0.4, 0.5) is 0 Å². The largest absolute Gasteiger partial charge is 0.360 e. The molecule has 0 aliphatic carbocycles. The molecular formula is C29H52N2O2. The second-order valence-electron chi connectivity index (χ2n) is 12.3. The van der Waals surface area contributed by atoms with Crippen LogP contribution in [0.25, 0.3) is 0 Å². The molecular weight excluding hydrogens is 408 g/mol. The van der Waals surface area contributed by atoms with Gasteiger partial charge >= 0.3 is 0 Å². The molecule has 5 fully saturated rings. The van der Waals surface area contributed by atoms with Crippen molar-refractivity contribution in [2.45, 2.75) is 141 Å². The molecule has 7 atom stereocenters. The Morgan fingerprint density at radius 1 is 0.485 bits per heavy atom. The van der Waals surface area contributed by atoms with E-state index < -0.39 is 0 Å². The molecule has 0 radical (unpaired) electrons. The highest BCUT2D eigenvalue weighted by Crippen LogP contribution is 2.38. The zero-order chi connectivity index (χ0) is 22.5. The van der Waals surface area contributed by atoms with Gasteiger partial charge in [-0.15, -0.1) is 0 Å². The molecule has 0 aromatic carbocycles. The molecule has 190 valence electrons. The Balaban J connectivity index is 1.18. The minimum Gasteiger partial charge on any atom is -0.360 e. The summed E-state index contributed by atoms with van der Waals surface area (Å²) in [5.41, 5.74) is 0. The first-order valence-corrected chi connectivity index (χ1v) is 15.1. The summed E-state index contributed by atoms with van der Waals surface area (Å²) in [5, 5.41) is 0. The normalized spacial score (nSPS) is 43.0. The molecule has 0 aromatic heterocycles. The molecule has 0 N–H and O–H groups in total. The van der Waals surface area contributed by atoms with E-state index in [0.29, 0.717) is 24.7 Å². The van der Waals surface area contributed by atoms with Crippen molar-refractivity contribution in [1.82, 2.24) is 9.80 Å². The van der Waals surface area contributed by atoms with Gasteiger partial charge in [0.25, 0.3) is 0 Å². The van der Waals surface area contributed by atoms with Crippen LogP contribution < -0.4 is 0 Å². The molecule has 5 rings (SSSR count). The van der Waals surface area contributed by atoms with Crippen LogP contribution in [0.3, 0.4) is 0 Å². The summed E-state index contributed by atoms with van der Waals surface area (Å²) in [4.78, 5) is 5.37. The van der Waals surface area contributed by atoms with Gasteiger partial charge in [0.2, 0.25) is 0 Å². The van der Waals surface area contributed by atoms with Crippen molar-refractivity contribution in [2.24, 2.45) is 17.8 Å². The summed E-state index contributed by atoms with van der Waals surface area (Å²) in [5.74, 6) is 2.36. The van der Waals surface area contributed by atoms with Gasteiger partial charge in [0, 0.05) is 32.1 Å². The molecule has 33 heavy (non-hydrogen) atoms. The average Bonchev–Trinajstić information content (AvgIpc) is 2.84. The molecule has 5 aliphatic rings. The Bertz CT molecular complexity index is 586. The lowest BCUT2D eigenvalue weighted by molar-refractivity contribution is -0.193. The smallest absolute Gasteiger partial charge is 0.114 e. The molecule has 0 unspecified atom stereocenters. The Morgan fingerprint density at radius 2 is 1.03 bits per heavy atom. The van der Waals surface area contributed by atoms with Crippen LogP contribution in [-0.2, 0) is 9.47 Å². The number of rotatable bonds is 0. The lowest BCUT2D eigenvalue weighted by Crippen LogP contribution is -2.55. The van der Waals surface area contributed by atoms with Crippen LogP contribution in [0.2, 0.25) is 0 Å². The highest BCUT2D eigenvalue weighted by Gasteiger charge is 2.40. The van der Waals surface area contributed by atoms with Gasteiger partial charge in [-0.05, 0) is 69.6 Å². The lowest BCUT2D eigenvalue weighted by Gasteiger charge is -2.49. The van der Waals surface area contributed by atoms with Gasteiger partial charge in [0.1, 0.15) is 12.5 Å². The summed E-state index contributed by atoms with van der Waals surface area (Å²) >= 11 is 0. The summed E-state index contributed by atoms with van der Waals surface area (Å²) in [7, 11) is 0. The molecule has 4 nitrogen and oxygen atoms in total. The van der Waals surface area contributed by atoms with Crippen molar-refractivity contribution < 1.29 is 9.47 Å². The van der Waals surface area contributed by atoms with E-state index >= 15 is 0 Å². The van der Waals surface area contributed by atoms with Crippen molar-refractivity contribution in [1.29, 1.82) is 0 Å². The fourth-order valence-corrected chi connectivity index (χ4v) is 7.78. The van der Waals surface area contributed by atoms with Crippen LogP contribution in [0.1, 0.15) is 116 Å². The molecule has 0 amide bonds. The first-order chi connectivity index (χ1) is 16.3. The summed E-state index contributed by atoms with van der Waals surface area (Å²) in [6.07, 6.45) is 24.9. The number of fused-ring (bicyclic) bond motifs is 2. The highest BCUT2D eigenvalue weighted by atomic mass is 16.5. The quantitative estimate of drug-likeness (QED) is 0.407. The fraction of sp³-hybridized carbons (Fsp3) is 1.00. The third kappa shape index (κ3) is 6.35. The van der Waals surface area contributed by atoms with Gasteiger partial charge in [0.15, 0.2) is 0 Å². The Labute approximate surface area is 204 Å². The summed E-state index contributed by atoms with van der Waals surface area (Å²) in [6, 6.07) is 0. The molecule has 0 aromatic rings. The van der Waals surface area contributed by atoms with E-state index in [1.54, 1.807) is 0 Å². The van der Waals surface area contributed by atoms with E-state index in [-0.39, 0.29) is 0 Å². The van der Waals surface area contributed by atoms with Gasteiger partial charge < -0.3 is 9.47 Å². The third-order valence-electron chi connectivity index (χ3n) is 9.92. The molecule has 0 saturated carbocycles. The standard InChI is InChI=1S/C29H52N2O2/c1-23-16-20-31-22-18-26-14-7-3-2-6-11-24-12-10-19-30-21-17-25(32-28(24)30)13-8-4-5-9-15-27(23)29(31)33-26/h23-29H,2-22H2,1H3/t23-,24+,25-,26-,27-,28+,29+/m0/s1. The lowest BCUT2D eigenvalue weighted by atomic mass is 9.80. The first kappa shape index (κ1) is 24.5. The van der Waals surface area contributed by atoms with Gasteiger partial charge in [-0.25, -0.2) is 0 Å². The second-order valence-corrected chi connectivity index (χ2v) is 12.3. The SMILES string of the molecule is C[C@H]1CCN2CC[C@@H]3CCCCCC[C@@H]4CCCN5CC[C@H](CCCCCC[C@@H]1[C@H]2O3)O[C@H]45. The minimum atomic E-state index is 0.417. The number of nitrogens with zero attached hydrogens (tertiary/aromatic N) is 2. The van der Waals surface area contributed by atoms with E-state index in [1.165, 1.54) is 135 Å². The molecule has 4 heteroatoms. The van der Waals surface area contributed by atoms with Gasteiger partial charge in [-0.2, -0.15) is 0 Å². The van der Waals surface area contributed by atoms with E-state index in [0.717, 1.165) is 17.8 Å². The van der Waals surface area contributed by atoms with Crippen LogP contribution in [0.5, 0.6) is 0 Å². The minimum absolute atomic E-state index is 0.417. The van der Waals surface area contributed by atoms with Gasteiger partial charge in [-0.1, -0.05) is 58.3 Å². The van der Waals surface area contributed by atoms with Crippen LogP contribution >= 0.6 is 0 Å². The zero-order valence-corrected chi connectivity index (χ0v) is 21.6. The molecule has 4 bridgehead atoms. The van der Waals surface area contributed by atoms with E-state index in [4.69, 9.17) is 9.47 Å². The van der Waals surface area contributed by atoms with Crippen molar-refractivity contribution >= 4 is 0 Å². The second kappa shape index (κ2) is 12.2. The highest BCUT2D eigenvalue weighted by molar-refractivity contribution is 4.87. The molecule has 5 aliphatic heterocycles. The van der Waals surface area contributed by atoms with Crippen LogP contribution in [-0.4, -0.2) is 60.6 Å². The third-order valence-corrected chi connectivity index (χ3v) is 9.92. The van der Waals surface area contributed by atoms with E-state index in [9.17, 15) is 0 Å². The zero-order valence-electron chi connectivity index (χ0n) is 21.6.